The Bertz CT molecular complexity index is 956. The summed E-state index contributed by atoms with van der Waals surface area (Å²) in [4.78, 5) is 24.4. The number of carbonyl (C=O) groups excluding carboxylic acids is 2. The van der Waals surface area contributed by atoms with Crippen LogP contribution >= 0.6 is 0 Å². The van der Waals surface area contributed by atoms with Gasteiger partial charge in [0.2, 0.25) is 16.6 Å². The Balaban J connectivity index is 2.09. The van der Waals surface area contributed by atoms with Crippen LogP contribution < -0.4 is 5.14 Å². The Kier molecular flexibility index (Phi) is 6.24. The number of hydrogen-bond donors (Lipinski definition) is 1. The summed E-state index contributed by atoms with van der Waals surface area (Å²) in [6.07, 6.45) is 0. The number of methoxy groups -OCH3 is 1. The molecule has 2 rings (SSSR count). The highest BCUT2D eigenvalue weighted by molar-refractivity contribution is 7.89. The van der Waals surface area contributed by atoms with Gasteiger partial charge in [-0.3, -0.25) is 4.79 Å². The molecule has 2 aromatic heterocycles. The number of rotatable bonds is 8. The number of aryl methyl sites for hydroxylation is 1. The molecular formula is C17H22N2O7S. The highest BCUT2D eigenvalue weighted by Crippen LogP contribution is 2.21. The number of nitrogens with zero attached hydrogens (tertiary/aromatic N) is 1. The topological polar surface area (TPSA) is 131 Å². The van der Waals surface area contributed by atoms with Crippen molar-refractivity contribution in [3.63, 3.8) is 0 Å². The average Bonchev–Trinajstić information content (AvgIpc) is 3.17. The highest BCUT2D eigenvalue weighted by Gasteiger charge is 2.22. The molecule has 0 amide bonds. The number of primary sulfonamides is 1. The van der Waals surface area contributed by atoms with Crippen molar-refractivity contribution in [2.75, 3.05) is 20.3 Å². The summed E-state index contributed by atoms with van der Waals surface area (Å²) >= 11 is 0. The molecule has 2 heterocycles. The van der Waals surface area contributed by atoms with Gasteiger partial charge in [-0.25, -0.2) is 18.4 Å². The van der Waals surface area contributed by atoms with Crippen molar-refractivity contribution < 1.29 is 31.9 Å². The Morgan fingerprint density at radius 3 is 2.52 bits per heavy atom. The molecule has 0 aromatic carbocycles. The number of ketones is 1. The number of ether oxygens (including phenoxy) is 2. The van der Waals surface area contributed by atoms with Crippen LogP contribution in [0.15, 0.2) is 27.7 Å². The fourth-order valence-electron chi connectivity index (χ4n) is 2.92. The molecule has 0 fully saturated rings. The van der Waals surface area contributed by atoms with Gasteiger partial charge in [0, 0.05) is 24.1 Å². The van der Waals surface area contributed by atoms with Crippen molar-refractivity contribution >= 4 is 21.8 Å². The lowest BCUT2D eigenvalue weighted by Gasteiger charge is -2.17. The number of furan rings is 1. The normalized spacial score (nSPS) is 12.8. The molecule has 0 aliphatic carbocycles. The van der Waals surface area contributed by atoms with Crippen LogP contribution in [-0.2, 0) is 19.5 Å². The number of Topliss-reactive ketones (excluding diaryl/α,β-unsaturated/α-hetero) is 1. The summed E-state index contributed by atoms with van der Waals surface area (Å²) in [5.74, 6) is -1.70. The molecule has 0 aliphatic rings. The van der Waals surface area contributed by atoms with E-state index in [4.69, 9.17) is 19.0 Å². The van der Waals surface area contributed by atoms with Gasteiger partial charge in [-0.05, 0) is 39.0 Å². The van der Waals surface area contributed by atoms with Crippen LogP contribution in [0.5, 0.6) is 0 Å². The second-order valence-corrected chi connectivity index (χ2v) is 7.61. The molecule has 10 heteroatoms. The number of hydrogen-bond acceptors (Lipinski definition) is 7. The largest absolute Gasteiger partial charge is 0.451 e. The van der Waals surface area contributed by atoms with E-state index in [1.807, 2.05) is 18.4 Å². The molecule has 2 N–H and O–H groups in total. The van der Waals surface area contributed by atoms with Crippen LogP contribution in [0.4, 0.5) is 0 Å². The standard InChI is InChI=1S/C17H22N2O7S/c1-10-7-13(12(3)19(10)11(2)8-24-4)14(20)9-25-17(21)15-5-6-16(26-15)27(18,22)23/h5-7,11H,8-9H2,1-4H3,(H2,18,22,23). The van der Waals surface area contributed by atoms with E-state index in [1.165, 1.54) is 0 Å². The van der Waals surface area contributed by atoms with Crippen LogP contribution in [0.1, 0.15) is 45.3 Å². The number of sulfonamides is 1. The molecule has 1 atom stereocenters. The van der Waals surface area contributed by atoms with Crippen molar-refractivity contribution in [1.29, 1.82) is 0 Å². The Morgan fingerprint density at radius 1 is 1.30 bits per heavy atom. The number of nitrogens with two attached hydrogens (primary N) is 1. The van der Waals surface area contributed by atoms with E-state index in [0.29, 0.717) is 12.2 Å². The van der Waals surface area contributed by atoms with Crippen LogP contribution in [0.25, 0.3) is 0 Å². The van der Waals surface area contributed by atoms with E-state index >= 15 is 0 Å². The molecule has 0 spiro atoms. The average molecular weight is 398 g/mol. The molecule has 1 unspecified atom stereocenters. The first-order chi connectivity index (χ1) is 12.6. The quantitative estimate of drug-likeness (QED) is 0.528. The highest BCUT2D eigenvalue weighted by atomic mass is 32.2. The molecular weight excluding hydrogens is 376 g/mol. The van der Waals surface area contributed by atoms with Gasteiger partial charge in [-0.15, -0.1) is 0 Å². The maximum Gasteiger partial charge on any atom is 0.374 e. The van der Waals surface area contributed by atoms with Gasteiger partial charge in [0.05, 0.1) is 12.6 Å². The summed E-state index contributed by atoms with van der Waals surface area (Å²) < 4.78 is 39.2. The molecule has 27 heavy (non-hydrogen) atoms. The fraction of sp³-hybridized carbons (Fsp3) is 0.412. The van der Waals surface area contributed by atoms with Crippen molar-refractivity contribution in [3.8, 4) is 0 Å². The second kappa shape index (κ2) is 8.07. The third-order valence-electron chi connectivity index (χ3n) is 4.03. The molecule has 0 aliphatic heterocycles. The first-order valence-corrected chi connectivity index (χ1v) is 9.61. The van der Waals surface area contributed by atoms with Gasteiger partial charge in [0.1, 0.15) is 0 Å². The predicted octanol–water partition coefficient (Wildman–Crippen LogP) is 1.59. The molecule has 0 radical (unpaired) electrons. The van der Waals surface area contributed by atoms with E-state index in [9.17, 15) is 18.0 Å². The summed E-state index contributed by atoms with van der Waals surface area (Å²) in [6, 6.07) is 3.92. The summed E-state index contributed by atoms with van der Waals surface area (Å²) in [6.45, 7) is 5.63. The number of carbonyl (C=O) groups is 2. The minimum atomic E-state index is -4.06. The van der Waals surface area contributed by atoms with Gasteiger partial charge >= 0.3 is 5.97 Å². The Labute approximate surface area is 157 Å². The molecule has 0 saturated carbocycles. The lowest BCUT2D eigenvalue weighted by Crippen LogP contribution is -2.17. The number of esters is 1. The molecule has 0 saturated heterocycles. The van der Waals surface area contributed by atoms with Crippen LogP contribution in [0.3, 0.4) is 0 Å². The zero-order chi connectivity index (χ0) is 20.4. The van der Waals surface area contributed by atoms with Crippen molar-refractivity contribution in [1.82, 2.24) is 4.57 Å². The summed E-state index contributed by atoms with van der Waals surface area (Å²) in [5, 5.41) is 4.35. The lowest BCUT2D eigenvalue weighted by molar-refractivity contribution is 0.0438. The molecule has 148 valence electrons. The smallest absolute Gasteiger partial charge is 0.374 e. The maximum atomic E-state index is 12.4. The zero-order valence-corrected chi connectivity index (χ0v) is 16.3. The first kappa shape index (κ1) is 20.9. The van der Waals surface area contributed by atoms with E-state index in [0.717, 1.165) is 23.5 Å². The van der Waals surface area contributed by atoms with E-state index < -0.39 is 27.7 Å². The van der Waals surface area contributed by atoms with E-state index in [1.54, 1.807) is 20.1 Å². The first-order valence-electron chi connectivity index (χ1n) is 8.06. The molecule has 2 aromatic rings. The van der Waals surface area contributed by atoms with Crippen LogP contribution in [-0.4, -0.2) is 45.1 Å². The minimum absolute atomic E-state index is 0.0406. The van der Waals surface area contributed by atoms with Gasteiger partial charge in [-0.1, -0.05) is 0 Å². The van der Waals surface area contributed by atoms with Crippen molar-refractivity contribution in [2.24, 2.45) is 5.14 Å². The maximum absolute atomic E-state index is 12.4. The van der Waals surface area contributed by atoms with Crippen molar-refractivity contribution in [2.45, 2.75) is 31.9 Å². The summed E-state index contributed by atoms with van der Waals surface area (Å²) in [5.41, 5.74) is 2.07. The minimum Gasteiger partial charge on any atom is -0.451 e. The van der Waals surface area contributed by atoms with Gasteiger partial charge in [0.25, 0.3) is 10.0 Å². The SMILES string of the molecule is COCC(C)n1c(C)cc(C(=O)COC(=O)c2ccc(S(N)(=O)=O)o2)c1C. The van der Waals surface area contributed by atoms with Crippen molar-refractivity contribution in [3.05, 3.63) is 40.9 Å². The molecule has 0 bridgehead atoms. The van der Waals surface area contributed by atoms with E-state index in [2.05, 4.69) is 0 Å². The van der Waals surface area contributed by atoms with Crippen LogP contribution in [0.2, 0.25) is 0 Å². The third-order valence-corrected chi connectivity index (χ3v) is 4.81. The van der Waals surface area contributed by atoms with Gasteiger partial charge in [-0.2, -0.15) is 0 Å². The number of aromatic nitrogens is 1. The van der Waals surface area contributed by atoms with E-state index in [-0.39, 0.29) is 17.6 Å². The van der Waals surface area contributed by atoms with Crippen LogP contribution in [0, 0.1) is 13.8 Å². The monoisotopic (exact) mass is 398 g/mol. The summed E-state index contributed by atoms with van der Waals surface area (Å²) in [7, 11) is -2.46. The Hall–Kier alpha value is -2.43. The van der Waals surface area contributed by atoms with Gasteiger partial charge in [0.15, 0.2) is 6.61 Å². The molecule has 9 nitrogen and oxygen atoms in total. The fourth-order valence-corrected chi connectivity index (χ4v) is 3.38. The Morgan fingerprint density at radius 2 is 1.96 bits per heavy atom. The lowest BCUT2D eigenvalue weighted by atomic mass is 10.1. The predicted molar refractivity (Wildman–Crippen MR) is 95.2 cm³/mol. The zero-order valence-electron chi connectivity index (χ0n) is 15.5. The third kappa shape index (κ3) is 4.65. The van der Waals surface area contributed by atoms with Gasteiger partial charge < -0.3 is 18.5 Å². The second-order valence-electron chi connectivity index (χ2n) is 6.12.